The van der Waals surface area contributed by atoms with E-state index in [9.17, 15) is 9.18 Å². The van der Waals surface area contributed by atoms with Crippen molar-refractivity contribution in [3.8, 4) is 5.69 Å². The van der Waals surface area contributed by atoms with Gasteiger partial charge in [-0.15, -0.1) is 0 Å². The SMILES string of the molecule is CCCC(C[C@H]1CCC2=C1[C@@H](C)c1cnn(-c3ccc(F)cc3)c1C2)NC(=O)CCC1CCCCC1. The standard InChI is InChI=1S/C31H42FN3O/c1-3-7-26(34-30(36)17-10-22-8-5-4-6-9-22)18-23-11-12-24-19-29-28(21(2)31(23)24)20-33-35(29)27-15-13-25(32)14-16-27/h13-16,20-23,26H,3-12,17-19H2,1-2H3,(H,34,36)/t21-,23+,26?/m0/s1. The second kappa shape index (κ2) is 11.3. The van der Waals surface area contributed by atoms with Gasteiger partial charge in [-0.05, 0) is 68.2 Å². The summed E-state index contributed by atoms with van der Waals surface area (Å²) in [4.78, 5) is 12.9. The fraction of sp³-hybridized carbons (Fsp3) is 0.613. The van der Waals surface area contributed by atoms with Crippen LogP contribution in [0.3, 0.4) is 0 Å². The normalized spacial score (nSPS) is 22.9. The third kappa shape index (κ3) is 5.45. The summed E-state index contributed by atoms with van der Waals surface area (Å²) in [5, 5.41) is 8.14. The number of hydrogen-bond donors (Lipinski definition) is 1. The van der Waals surface area contributed by atoms with E-state index in [1.807, 2.05) is 10.9 Å². The van der Waals surface area contributed by atoms with Crippen LogP contribution >= 0.6 is 0 Å². The Labute approximate surface area is 215 Å². The quantitative estimate of drug-likeness (QED) is 0.371. The van der Waals surface area contributed by atoms with Gasteiger partial charge in [0.1, 0.15) is 5.82 Å². The summed E-state index contributed by atoms with van der Waals surface area (Å²) in [5.41, 5.74) is 6.62. The summed E-state index contributed by atoms with van der Waals surface area (Å²) in [6.45, 7) is 4.54. The van der Waals surface area contributed by atoms with Crippen molar-refractivity contribution in [1.82, 2.24) is 15.1 Å². The van der Waals surface area contributed by atoms with E-state index in [4.69, 9.17) is 5.10 Å². The number of amides is 1. The Morgan fingerprint density at radius 2 is 1.94 bits per heavy atom. The highest BCUT2D eigenvalue weighted by Crippen LogP contribution is 2.48. The van der Waals surface area contributed by atoms with E-state index < -0.39 is 0 Å². The Morgan fingerprint density at radius 3 is 2.69 bits per heavy atom. The van der Waals surface area contributed by atoms with Crippen molar-refractivity contribution in [3.63, 3.8) is 0 Å². The predicted octanol–water partition coefficient (Wildman–Crippen LogP) is 7.41. The molecule has 36 heavy (non-hydrogen) atoms. The van der Waals surface area contributed by atoms with Gasteiger partial charge in [-0.3, -0.25) is 4.79 Å². The molecule has 0 saturated heterocycles. The average Bonchev–Trinajstić information content (AvgIpc) is 3.49. The first-order valence-corrected chi connectivity index (χ1v) is 14.4. The monoisotopic (exact) mass is 491 g/mol. The first-order valence-electron chi connectivity index (χ1n) is 14.4. The van der Waals surface area contributed by atoms with Crippen molar-refractivity contribution in [2.24, 2.45) is 11.8 Å². The van der Waals surface area contributed by atoms with Gasteiger partial charge in [0.2, 0.25) is 5.91 Å². The molecule has 1 aromatic heterocycles. The van der Waals surface area contributed by atoms with Crippen LogP contribution in [0.4, 0.5) is 4.39 Å². The maximum absolute atomic E-state index is 13.5. The number of carbonyl (C=O) groups is 1. The van der Waals surface area contributed by atoms with Crippen LogP contribution in [0.25, 0.3) is 5.69 Å². The fourth-order valence-electron chi connectivity index (χ4n) is 7.18. The van der Waals surface area contributed by atoms with Crippen LogP contribution in [0, 0.1) is 17.7 Å². The average molecular weight is 492 g/mol. The third-order valence-corrected chi connectivity index (χ3v) is 9.00. The molecule has 1 heterocycles. The number of nitrogens with one attached hydrogen (secondary N) is 1. The second-order valence-electron chi connectivity index (χ2n) is 11.5. The highest BCUT2D eigenvalue weighted by molar-refractivity contribution is 5.76. The van der Waals surface area contributed by atoms with Gasteiger partial charge in [-0.25, -0.2) is 9.07 Å². The Hall–Kier alpha value is -2.43. The molecule has 0 spiro atoms. The molecule has 3 aliphatic rings. The third-order valence-electron chi connectivity index (χ3n) is 9.00. The molecule has 1 amide bonds. The first kappa shape index (κ1) is 25.2. The molecule has 1 aromatic carbocycles. The van der Waals surface area contributed by atoms with Crippen molar-refractivity contribution in [2.75, 3.05) is 0 Å². The van der Waals surface area contributed by atoms with E-state index in [0.29, 0.717) is 18.3 Å². The number of aromatic nitrogens is 2. The molecule has 1 N–H and O–H groups in total. The maximum atomic E-state index is 13.5. The molecule has 2 aromatic rings. The van der Waals surface area contributed by atoms with Crippen molar-refractivity contribution in [3.05, 3.63) is 58.7 Å². The van der Waals surface area contributed by atoms with E-state index in [0.717, 1.165) is 50.1 Å². The number of nitrogens with zero attached hydrogens (tertiary/aromatic N) is 2. The minimum Gasteiger partial charge on any atom is -0.353 e. The largest absolute Gasteiger partial charge is 0.353 e. The molecule has 5 rings (SSSR count). The van der Waals surface area contributed by atoms with Crippen LogP contribution < -0.4 is 5.32 Å². The smallest absolute Gasteiger partial charge is 0.220 e. The van der Waals surface area contributed by atoms with Crippen LogP contribution in [-0.4, -0.2) is 21.7 Å². The first-order chi connectivity index (χ1) is 17.5. The van der Waals surface area contributed by atoms with E-state index in [2.05, 4.69) is 19.2 Å². The summed E-state index contributed by atoms with van der Waals surface area (Å²) in [5.74, 6) is 1.66. The second-order valence-corrected chi connectivity index (χ2v) is 11.5. The molecule has 4 nitrogen and oxygen atoms in total. The molecule has 0 radical (unpaired) electrons. The summed E-state index contributed by atoms with van der Waals surface area (Å²) in [6.07, 6.45) is 16.9. The van der Waals surface area contributed by atoms with Crippen LogP contribution in [0.15, 0.2) is 41.6 Å². The maximum Gasteiger partial charge on any atom is 0.220 e. The summed E-state index contributed by atoms with van der Waals surface area (Å²) in [6, 6.07) is 6.88. The van der Waals surface area contributed by atoms with Crippen molar-refractivity contribution in [1.29, 1.82) is 0 Å². The van der Waals surface area contributed by atoms with Crippen molar-refractivity contribution in [2.45, 2.75) is 109 Å². The molecule has 3 aliphatic carbocycles. The minimum absolute atomic E-state index is 0.223. The molecule has 0 aliphatic heterocycles. The Balaban J connectivity index is 1.24. The number of halogens is 1. The van der Waals surface area contributed by atoms with Gasteiger partial charge >= 0.3 is 0 Å². The lowest BCUT2D eigenvalue weighted by Crippen LogP contribution is -2.36. The highest BCUT2D eigenvalue weighted by atomic mass is 19.1. The molecule has 1 fully saturated rings. The van der Waals surface area contributed by atoms with Gasteiger partial charge in [0.05, 0.1) is 17.6 Å². The van der Waals surface area contributed by atoms with E-state index in [-0.39, 0.29) is 17.8 Å². The Kier molecular flexibility index (Phi) is 7.93. The van der Waals surface area contributed by atoms with Crippen LogP contribution in [-0.2, 0) is 11.2 Å². The zero-order valence-corrected chi connectivity index (χ0v) is 22.1. The summed E-state index contributed by atoms with van der Waals surface area (Å²) in [7, 11) is 0. The number of carbonyl (C=O) groups excluding carboxylic acids is 1. The predicted molar refractivity (Wildman–Crippen MR) is 143 cm³/mol. The van der Waals surface area contributed by atoms with Crippen LogP contribution in [0.1, 0.15) is 108 Å². The molecule has 0 bridgehead atoms. The van der Waals surface area contributed by atoms with Crippen molar-refractivity contribution < 1.29 is 9.18 Å². The molecule has 194 valence electrons. The molecule has 1 saturated carbocycles. The van der Waals surface area contributed by atoms with Gasteiger partial charge in [0.25, 0.3) is 0 Å². The lowest BCUT2D eigenvalue weighted by Gasteiger charge is -2.29. The summed E-state index contributed by atoms with van der Waals surface area (Å²) < 4.78 is 15.4. The molecule has 1 unspecified atom stereocenters. The molecular weight excluding hydrogens is 449 g/mol. The number of rotatable bonds is 9. The van der Waals surface area contributed by atoms with Crippen LogP contribution in [0.5, 0.6) is 0 Å². The van der Waals surface area contributed by atoms with Gasteiger partial charge in [-0.2, -0.15) is 5.10 Å². The number of fused-ring (bicyclic) bond motifs is 1. The van der Waals surface area contributed by atoms with E-state index in [1.54, 1.807) is 23.3 Å². The number of allylic oxidation sites excluding steroid dienone is 2. The van der Waals surface area contributed by atoms with E-state index in [1.165, 1.54) is 61.9 Å². The molecule has 3 atom stereocenters. The Morgan fingerprint density at radius 1 is 1.17 bits per heavy atom. The molecular formula is C31H42FN3O. The minimum atomic E-state index is -0.223. The van der Waals surface area contributed by atoms with Crippen molar-refractivity contribution >= 4 is 5.91 Å². The lowest BCUT2D eigenvalue weighted by molar-refractivity contribution is -0.122. The van der Waals surface area contributed by atoms with Gasteiger partial charge < -0.3 is 5.32 Å². The number of hydrogen-bond acceptors (Lipinski definition) is 2. The van der Waals surface area contributed by atoms with E-state index >= 15 is 0 Å². The fourth-order valence-corrected chi connectivity index (χ4v) is 7.18. The van der Waals surface area contributed by atoms with Gasteiger partial charge in [0, 0.05) is 30.4 Å². The summed E-state index contributed by atoms with van der Waals surface area (Å²) >= 11 is 0. The van der Waals surface area contributed by atoms with Gasteiger partial charge in [-0.1, -0.05) is 63.5 Å². The lowest BCUT2D eigenvalue weighted by atomic mass is 9.78. The topological polar surface area (TPSA) is 46.9 Å². The van der Waals surface area contributed by atoms with Crippen LogP contribution in [0.2, 0.25) is 0 Å². The Bertz CT molecular complexity index is 1080. The molecule has 5 heteroatoms. The zero-order chi connectivity index (χ0) is 25.1. The van der Waals surface area contributed by atoms with Gasteiger partial charge in [0.15, 0.2) is 0 Å². The highest BCUT2D eigenvalue weighted by Gasteiger charge is 2.37. The number of benzene rings is 1. The zero-order valence-electron chi connectivity index (χ0n) is 22.1.